The molecule has 0 unspecified atom stereocenters. The molecule has 28 heavy (non-hydrogen) atoms. The van der Waals surface area contributed by atoms with E-state index in [4.69, 9.17) is 15.2 Å². The Labute approximate surface area is 165 Å². The molecule has 2 aliphatic rings. The van der Waals surface area contributed by atoms with Crippen LogP contribution in [0.3, 0.4) is 0 Å². The molecule has 0 atom stereocenters. The maximum Gasteiger partial charge on any atom is 0.246 e. The topological polar surface area (TPSA) is 64.8 Å². The Kier molecular flexibility index (Phi) is 5.09. The fraction of sp³-hybridized carbons (Fsp3) is 0.348. The lowest BCUT2D eigenvalue weighted by molar-refractivity contribution is -0.127. The van der Waals surface area contributed by atoms with Gasteiger partial charge < -0.3 is 20.1 Å². The van der Waals surface area contributed by atoms with Gasteiger partial charge in [-0.1, -0.05) is 24.3 Å². The lowest BCUT2D eigenvalue weighted by Gasteiger charge is -2.38. The number of carbonyl (C=O) groups excluding carboxylic acids is 1. The number of hydrogen-bond acceptors (Lipinski definition) is 4. The van der Waals surface area contributed by atoms with Gasteiger partial charge in [0.1, 0.15) is 11.5 Å². The molecule has 2 N–H and O–H groups in total. The van der Waals surface area contributed by atoms with Crippen LogP contribution >= 0.6 is 0 Å². The molecule has 1 saturated heterocycles. The maximum absolute atomic E-state index is 12.6. The number of nitrogens with two attached hydrogens (primary N) is 1. The summed E-state index contributed by atoms with van der Waals surface area (Å²) in [4.78, 5) is 14.6. The highest BCUT2D eigenvalue weighted by Crippen LogP contribution is 2.45. The molecule has 4 rings (SSSR count). The van der Waals surface area contributed by atoms with Crippen molar-refractivity contribution in [3.05, 3.63) is 65.2 Å². The monoisotopic (exact) mass is 378 g/mol. The van der Waals surface area contributed by atoms with Crippen LogP contribution in [0.15, 0.2) is 48.5 Å². The number of ether oxygens (including phenoxy) is 2. The fourth-order valence-corrected chi connectivity index (χ4v) is 4.12. The number of fused-ring (bicyclic) bond motifs is 2. The largest absolute Gasteiger partial charge is 0.497 e. The molecule has 0 bridgehead atoms. The van der Waals surface area contributed by atoms with E-state index in [1.54, 1.807) is 13.2 Å². The van der Waals surface area contributed by atoms with Crippen molar-refractivity contribution >= 4 is 12.0 Å². The van der Waals surface area contributed by atoms with E-state index >= 15 is 0 Å². The molecule has 0 aromatic heterocycles. The van der Waals surface area contributed by atoms with E-state index in [9.17, 15) is 4.79 Å². The van der Waals surface area contributed by atoms with Gasteiger partial charge in [0.15, 0.2) is 0 Å². The quantitative estimate of drug-likeness (QED) is 0.831. The number of rotatable bonds is 4. The fourth-order valence-electron chi connectivity index (χ4n) is 4.12. The molecular weight excluding hydrogens is 352 g/mol. The Balaban J connectivity index is 1.42. The van der Waals surface area contributed by atoms with Gasteiger partial charge in [-0.25, -0.2) is 0 Å². The van der Waals surface area contributed by atoms with E-state index < -0.39 is 0 Å². The lowest BCUT2D eigenvalue weighted by Crippen LogP contribution is -2.45. The van der Waals surface area contributed by atoms with Gasteiger partial charge in [-0.2, -0.15) is 0 Å². The van der Waals surface area contributed by atoms with Gasteiger partial charge in [0, 0.05) is 36.7 Å². The first-order valence-electron chi connectivity index (χ1n) is 9.71. The highest BCUT2D eigenvalue weighted by atomic mass is 16.5. The average molecular weight is 378 g/mol. The Morgan fingerprint density at radius 1 is 1.25 bits per heavy atom. The zero-order chi connectivity index (χ0) is 19.6. The molecule has 146 valence electrons. The minimum atomic E-state index is 0.00774. The zero-order valence-corrected chi connectivity index (χ0v) is 16.2. The second-order valence-electron chi connectivity index (χ2n) is 7.54. The minimum Gasteiger partial charge on any atom is -0.497 e. The summed E-state index contributed by atoms with van der Waals surface area (Å²) in [5.41, 5.74) is 9.16. The Hall–Kier alpha value is -2.79. The third kappa shape index (κ3) is 3.50. The molecule has 1 spiro atoms. The number of likely N-dealkylation sites (tertiary alicyclic amines) is 1. The second-order valence-corrected chi connectivity index (χ2v) is 7.54. The lowest BCUT2D eigenvalue weighted by atomic mass is 9.74. The summed E-state index contributed by atoms with van der Waals surface area (Å²) in [5.74, 6) is 1.80. The molecular formula is C23H26N2O3. The van der Waals surface area contributed by atoms with E-state index in [0.717, 1.165) is 48.6 Å². The highest BCUT2D eigenvalue weighted by molar-refractivity contribution is 5.92. The number of nitrogens with zero attached hydrogens (tertiary/aromatic N) is 1. The summed E-state index contributed by atoms with van der Waals surface area (Å²) >= 11 is 0. The van der Waals surface area contributed by atoms with E-state index in [2.05, 4.69) is 6.07 Å². The van der Waals surface area contributed by atoms with Crippen molar-refractivity contribution in [3.8, 4) is 11.5 Å². The summed E-state index contributed by atoms with van der Waals surface area (Å²) in [6.45, 7) is 2.69. The molecule has 0 radical (unpaired) electrons. The number of amides is 1. The van der Waals surface area contributed by atoms with E-state index in [0.29, 0.717) is 13.2 Å². The molecule has 0 saturated carbocycles. The summed E-state index contributed by atoms with van der Waals surface area (Å²) in [5, 5.41) is 0. The van der Waals surface area contributed by atoms with Crippen LogP contribution in [0, 0.1) is 0 Å². The van der Waals surface area contributed by atoms with Crippen molar-refractivity contribution in [2.45, 2.75) is 24.8 Å². The van der Waals surface area contributed by atoms with Crippen LogP contribution in [0.2, 0.25) is 0 Å². The maximum atomic E-state index is 12.6. The van der Waals surface area contributed by atoms with Crippen molar-refractivity contribution in [3.63, 3.8) is 0 Å². The second kappa shape index (κ2) is 7.68. The van der Waals surface area contributed by atoms with Gasteiger partial charge in [0.05, 0.1) is 13.7 Å². The molecule has 5 nitrogen and oxygen atoms in total. The van der Waals surface area contributed by atoms with Crippen molar-refractivity contribution in [2.24, 2.45) is 5.73 Å². The van der Waals surface area contributed by atoms with Gasteiger partial charge in [0.25, 0.3) is 0 Å². The van der Waals surface area contributed by atoms with Crippen LogP contribution in [0.4, 0.5) is 0 Å². The first-order chi connectivity index (χ1) is 13.6. The smallest absolute Gasteiger partial charge is 0.246 e. The number of carbonyl (C=O) groups is 1. The van der Waals surface area contributed by atoms with Crippen molar-refractivity contribution < 1.29 is 14.3 Å². The van der Waals surface area contributed by atoms with Gasteiger partial charge >= 0.3 is 0 Å². The molecule has 5 heteroatoms. The summed E-state index contributed by atoms with van der Waals surface area (Å²) in [6, 6.07) is 13.9. The minimum absolute atomic E-state index is 0.00774. The van der Waals surface area contributed by atoms with Gasteiger partial charge in [-0.05, 0) is 48.2 Å². The summed E-state index contributed by atoms with van der Waals surface area (Å²) in [7, 11) is 1.64. The average Bonchev–Trinajstić information content (AvgIpc) is 3.10. The van der Waals surface area contributed by atoms with Crippen LogP contribution in [-0.2, 0) is 16.8 Å². The van der Waals surface area contributed by atoms with Gasteiger partial charge in [-0.15, -0.1) is 0 Å². The number of methoxy groups -OCH3 is 1. The Morgan fingerprint density at radius 3 is 2.82 bits per heavy atom. The third-order valence-corrected chi connectivity index (χ3v) is 5.90. The van der Waals surface area contributed by atoms with Crippen molar-refractivity contribution in [1.29, 1.82) is 0 Å². The van der Waals surface area contributed by atoms with Crippen LogP contribution < -0.4 is 15.2 Å². The first kappa shape index (κ1) is 18.6. The van der Waals surface area contributed by atoms with Crippen molar-refractivity contribution in [2.75, 3.05) is 26.8 Å². The van der Waals surface area contributed by atoms with Crippen LogP contribution in [0.1, 0.15) is 29.5 Å². The van der Waals surface area contributed by atoms with Crippen LogP contribution in [0.5, 0.6) is 11.5 Å². The van der Waals surface area contributed by atoms with Crippen LogP contribution in [-0.4, -0.2) is 37.6 Å². The zero-order valence-electron chi connectivity index (χ0n) is 16.2. The third-order valence-electron chi connectivity index (χ3n) is 5.90. The SMILES string of the molecule is COc1cccc(C=CC(=O)N2CCC3(CC2)COc2ccc(CN)cc23)c1. The van der Waals surface area contributed by atoms with E-state index in [1.807, 2.05) is 47.4 Å². The number of hydrogen-bond donors (Lipinski definition) is 1. The summed E-state index contributed by atoms with van der Waals surface area (Å²) in [6.07, 6.45) is 5.31. The predicted octanol–water partition coefficient (Wildman–Crippen LogP) is 3.12. The molecule has 2 aromatic rings. The van der Waals surface area contributed by atoms with Crippen molar-refractivity contribution in [1.82, 2.24) is 4.90 Å². The summed E-state index contributed by atoms with van der Waals surface area (Å²) < 4.78 is 11.2. The number of piperidine rings is 1. The molecule has 2 heterocycles. The van der Waals surface area contributed by atoms with E-state index in [1.165, 1.54) is 5.56 Å². The predicted molar refractivity (Wildman–Crippen MR) is 109 cm³/mol. The highest BCUT2D eigenvalue weighted by Gasteiger charge is 2.43. The number of benzene rings is 2. The normalized spacial score (nSPS) is 17.6. The Bertz CT molecular complexity index is 898. The Morgan fingerprint density at radius 2 is 2.07 bits per heavy atom. The van der Waals surface area contributed by atoms with Gasteiger partial charge in [0.2, 0.25) is 5.91 Å². The molecule has 2 aliphatic heterocycles. The standard InChI is InChI=1S/C23H26N2O3/c1-27-19-4-2-3-17(13-19)6-8-22(26)25-11-9-23(10-12-25)16-28-21-7-5-18(15-24)14-20(21)23/h2-8,13-14H,9-12,15-16,24H2,1H3. The molecule has 1 fully saturated rings. The first-order valence-corrected chi connectivity index (χ1v) is 9.71. The molecule has 2 aromatic carbocycles. The molecule has 1 amide bonds. The molecule has 0 aliphatic carbocycles. The van der Waals surface area contributed by atoms with Gasteiger partial charge in [-0.3, -0.25) is 4.79 Å². The van der Waals surface area contributed by atoms with E-state index in [-0.39, 0.29) is 11.3 Å². The van der Waals surface area contributed by atoms with Crippen LogP contribution in [0.25, 0.3) is 6.08 Å².